The summed E-state index contributed by atoms with van der Waals surface area (Å²) in [7, 11) is -3.98. The van der Waals surface area contributed by atoms with Gasteiger partial charge in [-0.15, -0.1) is 0 Å². The maximum atomic E-state index is 12.6. The van der Waals surface area contributed by atoms with Crippen LogP contribution in [0.2, 0.25) is 0 Å². The third-order valence-corrected chi connectivity index (χ3v) is 6.69. The molecule has 2 rings (SSSR count). The van der Waals surface area contributed by atoms with Crippen LogP contribution in [0, 0.1) is 6.92 Å². The van der Waals surface area contributed by atoms with Crippen LogP contribution >= 0.6 is 0 Å². The van der Waals surface area contributed by atoms with Gasteiger partial charge in [-0.3, -0.25) is 8.98 Å². The van der Waals surface area contributed by atoms with Crippen molar-refractivity contribution in [2.24, 2.45) is 0 Å². The summed E-state index contributed by atoms with van der Waals surface area (Å²) in [6.07, 6.45) is 4.43. The number of ketones is 1. The second kappa shape index (κ2) is 10.8. The number of unbranched alkanes of at least 4 members (excludes halogenated alkanes) is 3. The lowest BCUT2D eigenvalue weighted by atomic mass is 9.90. The van der Waals surface area contributed by atoms with Crippen LogP contribution in [0.15, 0.2) is 29.2 Å². The number of benzene rings is 1. The zero-order valence-electron chi connectivity index (χ0n) is 18.2. The first-order valence-electron chi connectivity index (χ1n) is 10.6. The highest BCUT2D eigenvalue weighted by molar-refractivity contribution is 7.86. The van der Waals surface area contributed by atoms with E-state index < -0.39 is 21.5 Å². The van der Waals surface area contributed by atoms with Gasteiger partial charge in [-0.1, -0.05) is 50.3 Å². The second-order valence-corrected chi connectivity index (χ2v) is 9.76. The number of aryl methyl sites for hydroxylation is 1. The molecule has 170 valence electrons. The Kier molecular flexibility index (Phi) is 8.99. The van der Waals surface area contributed by atoms with Gasteiger partial charge in [0, 0.05) is 12.8 Å². The van der Waals surface area contributed by atoms with E-state index in [9.17, 15) is 18.3 Å². The molecule has 7 nitrogen and oxygen atoms in total. The number of hydrogen-bond acceptors (Lipinski definition) is 7. The highest BCUT2D eigenvalue weighted by Gasteiger charge is 2.41. The van der Waals surface area contributed by atoms with E-state index in [0.29, 0.717) is 6.42 Å². The first kappa shape index (κ1) is 24.9. The average molecular weight is 443 g/mol. The lowest BCUT2D eigenvalue weighted by Crippen LogP contribution is -2.40. The summed E-state index contributed by atoms with van der Waals surface area (Å²) < 4.78 is 41.4. The van der Waals surface area contributed by atoms with Gasteiger partial charge in [0.1, 0.15) is 12.2 Å². The fourth-order valence-electron chi connectivity index (χ4n) is 3.35. The molecular formula is C22H34O7S. The minimum Gasteiger partial charge on any atom is -0.382 e. The molecule has 1 N–H and O–H groups in total. The predicted octanol–water partition coefficient (Wildman–Crippen LogP) is 3.51. The predicted molar refractivity (Wildman–Crippen MR) is 113 cm³/mol. The Bertz CT molecular complexity index is 778. The minimum atomic E-state index is -3.98. The minimum absolute atomic E-state index is 0.00865. The molecule has 1 aliphatic heterocycles. The van der Waals surface area contributed by atoms with Crippen LogP contribution in [0.4, 0.5) is 0 Å². The molecule has 0 radical (unpaired) electrons. The molecule has 1 aromatic rings. The fourth-order valence-corrected chi connectivity index (χ4v) is 4.29. The molecular weight excluding hydrogens is 408 g/mol. The standard InChI is InChI=1S/C22H34O7S/c1-4-5-6-7-13-21(3,24)20(23)12-14-22(27-15-16-28-22)17-29-30(25,26)19-10-8-18(2)9-11-19/h8-11,24H,4-7,12-17H2,1-3H3. The van der Waals surface area contributed by atoms with Gasteiger partial charge in [0.25, 0.3) is 10.1 Å². The summed E-state index contributed by atoms with van der Waals surface area (Å²) in [6.45, 7) is 5.72. The molecule has 1 fully saturated rings. The molecule has 1 saturated heterocycles. The molecule has 30 heavy (non-hydrogen) atoms. The number of rotatable bonds is 13. The van der Waals surface area contributed by atoms with Crippen LogP contribution in [-0.2, 0) is 28.6 Å². The van der Waals surface area contributed by atoms with E-state index in [1.54, 1.807) is 12.1 Å². The van der Waals surface area contributed by atoms with Crippen LogP contribution in [0.25, 0.3) is 0 Å². The summed E-state index contributed by atoms with van der Waals surface area (Å²) in [6, 6.07) is 6.34. The highest BCUT2D eigenvalue weighted by atomic mass is 32.2. The topological polar surface area (TPSA) is 99.1 Å². The zero-order valence-corrected chi connectivity index (χ0v) is 19.0. The Hall–Kier alpha value is -1.32. The van der Waals surface area contributed by atoms with Gasteiger partial charge in [0.05, 0.1) is 18.1 Å². The molecule has 0 bridgehead atoms. The average Bonchev–Trinajstić information content (AvgIpc) is 3.18. The van der Waals surface area contributed by atoms with Crippen molar-refractivity contribution >= 4 is 15.9 Å². The number of hydrogen-bond donors (Lipinski definition) is 1. The molecule has 0 spiro atoms. The van der Waals surface area contributed by atoms with Crippen LogP contribution < -0.4 is 0 Å². The van der Waals surface area contributed by atoms with Gasteiger partial charge < -0.3 is 14.6 Å². The van der Waals surface area contributed by atoms with Crippen molar-refractivity contribution in [3.63, 3.8) is 0 Å². The molecule has 0 amide bonds. The molecule has 1 aromatic carbocycles. The number of carbonyl (C=O) groups excluding carboxylic acids is 1. The van der Waals surface area contributed by atoms with E-state index in [1.165, 1.54) is 19.1 Å². The molecule has 8 heteroatoms. The summed E-state index contributed by atoms with van der Waals surface area (Å²) in [5, 5.41) is 10.5. The molecule has 0 aliphatic carbocycles. The Morgan fingerprint density at radius 2 is 1.80 bits per heavy atom. The number of aliphatic hydroxyl groups is 1. The molecule has 1 atom stereocenters. The fraction of sp³-hybridized carbons (Fsp3) is 0.682. The molecule has 0 saturated carbocycles. The third kappa shape index (κ3) is 7.13. The van der Waals surface area contributed by atoms with Crippen LogP contribution in [-0.4, -0.2) is 50.5 Å². The van der Waals surface area contributed by atoms with Gasteiger partial charge in [0.15, 0.2) is 11.6 Å². The van der Waals surface area contributed by atoms with Crippen LogP contribution in [0.5, 0.6) is 0 Å². The van der Waals surface area contributed by atoms with Gasteiger partial charge in [-0.25, -0.2) is 0 Å². The highest BCUT2D eigenvalue weighted by Crippen LogP contribution is 2.29. The van der Waals surface area contributed by atoms with E-state index in [1.807, 2.05) is 6.92 Å². The van der Waals surface area contributed by atoms with Gasteiger partial charge in [-0.2, -0.15) is 8.42 Å². The van der Waals surface area contributed by atoms with Gasteiger partial charge in [0.2, 0.25) is 0 Å². The van der Waals surface area contributed by atoms with Crippen molar-refractivity contribution in [3.05, 3.63) is 29.8 Å². The molecule has 1 aliphatic rings. The van der Waals surface area contributed by atoms with Gasteiger partial charge >= 0.3 is 0 Å². The van der Waals surface area contributed by atoms with Crippen molar-refractivity contribution in [2.45, 2.75) is 82.0 Å². The van der Waals surface area contributed by atoms with Crippen molar-refractivity contribution in [2.75, 3.05) is 19.8 Å². The summed E-state index contributed by atoms with van der Waals surface area (Å²) in [5.74, 6) is -1.62. The van der Waals surface area contributed by atoms with Crippen molar-refractivity contribution in [3.8, 4) is 0 Å². The lowest BCUT2D eigenvalue weighted by Gasteiger charge is -2.28. The molecule has 1 heterocycles. The van der Waals surface area contributed by atoms with E-state index in [4.69, 9.17) is 13.7 Å². The third-order valence-electron chi connectivity index (χ3n) is 5.41. The maximum absolute atomic E-state index is 12.6. The van der Waals surface area contributed by atoms with Crippen LogP contribution in [0.3, 0.4) is 0 Å². The first-order valence-corrected chi connectivity index (χ1v) is 12.0. The van der Waals surface area contributed by atoms with E-state index >= 15 is 0 Å². The normalized spacial score (nSPS) is 18.3. The van der Waals surface area contributed by atoms with Crippen LogP contribution in [0.1, 0.15) is 64.4 Å². The quantitative estimate of drug-likeness (QED) is 0.369. The summed E-state index contributed by atoms with van der Waals surface area (Å²) >= 11 is 0. The number of Topliss-reactive ketones (excluding diaryl/α,β-unsaturated/α-hetero) is 1. The maximum Gasteiger partial charge on any atom is 0.297 e. The first-order chi connectivity index (χ1) is 14.1. The Morgan fingerprint density at radius 1 is 1.17 bits per heavy atom. The van der Waals surface area contributed by atoms with E-state index in [0.717, 1.165) is 31.2 Å². The SMILES string of the molecule is CCCCCCC(C)(O)C(=O)CCC1(COS(=O)(=O)c2ccc(C)cc2)OCCO1. The summed E-state index contributed by atoms with van der Waals surface area (Å²) in [5.41, 5.74) is -0.476. The number of carbonyl (C=O) groups is 1. The Morgan fingerprint density at radius 3 is 2.40 bits per heavy atom. The molecule has 1 unspecified atom stereocenters. The molecule has 0 aromatic heterocycles. The second-order valence-electron chi connectivity index (χ2n) is 8.14. The smallest absolute Gasteiger partial charge is 0.297 e. The largest absolute Gasteiger partial charge is 0.382 e. The van der Waals surface area contributed by atoms with Crippen molar-refractivity contribution < 1.29 is 32.0 Å². The summed E-state index contributed by atoms with van der Waals surface area (Å²) in [4.78, 5) is 12.6. The monoisotopic (exact) mass is 442 g/mol. The van der Waals surface area contributed by atoms with Gasteiger partial charge in [-0.05, 0) is 32.4 Å². The Balaban J connectivity index is 1.94. The zero-order chi connectivity index (χ0) is 22.3. The van der Waals surface area contributed by atoms with E-state index in [-0.39, 0.29) is 43.3 Å². The van der Waals surface area contributed by atoms with Crippen molar-refractivity contribution in [1.29, 1.82) is 0 Å². The van der Waals surface area contributed by atoms with Crippen molar-refractivity contribution in [1.82, 2.24) is 0 Å². The Labute approximate surface area is 179 Å². The lowest BCUT2D eigenvalue weighted by molar-refractivity contribution is -0.184. The van der Waals surface area contributed by atoms with E-state index in [2.05, 4.69) is 6.92 Å². The number of ether oxygens (including phenoxy) is 2.